The first kappa shape index (κ1) is 13.5. The SMILES string of the molecule is N#C/C(=C/c1ccc(F)cc1)c1ccc(C(=O)[O-])cc1. The van der Waals surface area contributed by atoms with E-state index in [1.165, 1.54) is 36.4 Å². The number of allylic oxidation sites excluding steroid dienone is 1. The molecule has 2 rings (SSSR count). The maximum absolute atomic E-state index is 12.8. The van der Waals surface area contributed by atoms with Crippen LogP contribution >= 0.6 is 0 Å². The van der Waals surface area contributed by atoms with Crippen LogP contribution in [0.25, 0.3) is 11.6 Å². The van der Waals surface area contributed by atoms with E-state index in [1.807, 2.05) is 6.07 Å². The molecule has 98 valence electrons. The summed E-state index contributed by atoms with van der Waals surface area (Å²) in [6.45, 7) is 0. The quantitative estimate of drug-likeness (QED) is 0.632. The van der Waals surface area contributed by atoms with Crippen LogP contribution in [0.3, 0.4) is 0 Å². The maximum atomic E-state index is 12.8. The van der Waals surface area contributed by atoms with Crippen molar-refractivity contribution in [2.45, 2.75) is 0 Å². The molecule has 0 radical (unpaired) electrons. The summed E-state index contributed by atoms with van der Waals surface area (Å²) in [5, 5.41) is 19.8. The number of aromatic carboxylic acids is 1. The molecule has 0 spiro atoms. The van der Waals surface area contributed by atoms with Crippen molar-refractivity contribution in [3.05, 3.63) is 71.0 Å². The lowest BCUT2D eigenvalue weighted by Crippen LogP contribution is -2.21. The Morgan fingerprint density at radius 1 is 1.05 bits per heavy atom. The molecular formula is C16H9FNO2-. The van der Waals surface area contributed by atoms with Crippen LogP contribution in [0, 0.1) is 17.1 Å². The van der Waals surface area contributed by atoms with Crippen molar-refractivity contribution in [2.75, 3.05) is 0 Å². The molecule has 2 aromatic carbocycles. The molecule has 0 unspecified atom stereocenters. The van der Waals surface area contributed by atoms with E-state index >= 15 is 0 Å². The summed E-state index contributed by atoms with van der Waals surface area (Å²) in [6, 6.07) is 13.6. The summed E-state index contributed by atoms with van der Waals surface area (Å²) < 4.78 is 12.8. The zero-order valence-electron chi connectivity index (χ0n) is 10.3. The van der Waals surface area contributed by atoms with Crippen LogP contribution in [0.2, 0.25) is 0 Å². The highest BCUT2D eigenvalue weighted by atomic mass is 19.1. The van der Waals surface area contributed by atoms with Gasteiger partial charge in [-0.05, 0) is 34.9 Å². The molecule has 4 heteroatoms. The van der Waals surface area contributed by atoms with Crippen molar-refractivity contribution < 1.29 is 14.3 Å². The largest absolute Gasteiger partial charge is 0.545 e. The summed E-state index contributed by atoms with van der Waals surface area (Å²) in [4.78, 5) is 10.6. The molecule has 0 N–H and O–H groups in total. The van der Waals surface area contributed by atoms with Gasteiger partial charge in [-0.25, -0.2) is 4.39 Å². The molecule has 3 nitrogen and oxygen atoms in total. The summed E-state index contributed by atoms with van der Waals surface area (Å²) >= 11 is 0. The molecule has 0 saturated heterocycles. The molecule has 0 aromatic heterocycles. The summed E-state index contributed by atoms with van der Waals surface area (Å²) in [7, 11) is 0. The van der Waals surface area contributed by atoms with Gasteiger partial charge in [-0.1, -0.05) is 36.4 Å². The van der Waals surface area contributed by atoms with E-state index in [1.54, 1.807) is 18.2 Å². The van der Waals surface area contributed by atoms with Crippen LogP contribution in [-0.4, -0.2) is 5.97 Å². The highest BCUT2D eigenvalue weighted by Gasteiger charge is 2.02. The Morgan fingerprint density at radius 2 is 1.60 bits per heavy atom. The van der Waals surface area contributed by atoms with Crippen LogP contribution in [0.5, 0.6) is 0 Å². The molecule has 0 heterocycles. The fourth-order valence-electron chi connectivity index (χ4n) is 1.69. The van der Waals surface area contributed by atoms with E-state index in [-0.39, 0.29) is 11.4 Å². The third-order valence-electron chi connectivity index (χ3n) is 2.73. The van der Waals surface area contributed by atoms with E-state index in [4.69, 9.17) is 5.26 Å². The second kappa shape index (κ2) is 5.81. The minimum Gasteiger partial charge on any atom is -0.545 e. The molecule has 0 aliphatic heterocycles. The molecule has 0 fully saturated rings. The number of carbonyl (C=O) groups is 1. The number of hydrogen-bond donors (Lipinski definition) is 0. The van der Waals surface area contributed by atoms with Gasteiger partial charge < -0.3 is 9.90 Å². The third kappa shape index (κ3) is 3.09. The number of carboxylic acids is 1. The van der Waals surface area contributed by atoms with Crippen LogP contribution < -0.4 is 5.11 Å². The van der Waals surface area contributed by atoms with Crippen LogP contribution in [0.1, 0.15) is 21.5 Å². The Hall–Kier alpha value is -2.93. The highest BCUT2D eigenvalue weighted by molar-refractivity contribution is 5.91. The fourth-order valence-corrected chi connectivity index (χ4v) is 1.69. The van der Waals surface area contributed by atoms with Crippen LogP contribution in [-0.2, 0) is 0 Å². The molecule has 0 aliphatic carbocycles. The minimum atomic E-state index is -1.27. The summed E-state index contributed by atoms with van der Waals surface area (Å²) in [5.41, 5.74) is 1.68. The van der Waals surface area contributed by atoms with E-state index in [0.29, 0.717) is 16.7 Å². The predicted octanol–water partition coefficient (Wildman–Crippen LogP) is 2.25. The lowest BCUT2D eigenvalue weighted by molar-refractivity contribution is -0.255. The molecular weight excluding hydrogens is 257 g/mol. The molecule has 20 heavy (non-hydrogen) atoms. The van der Waals surface area contributed by atoms with Crippen LogP contribution in [0.15, 0.2) is 48.5 Å². The Kier molecular flexibility index (Phi) is 3.92. The van der Waals surface area contributed by atoms with Crippen molar-refractivity contribution in [3.63, 3.8) is 0 Å². The Balaban J connectivity index is 2.35. The number of halogens is 1. The van der Waals surface area contributed by atoms with Gasteiger partial charge in [0.25, 0.3) is 0 Å². The van der Waals surface area contributed by atoms with Gasteiger partial charge >= 0.3 is 0 Å². The van der Waals surface area contributed by atoms with Crippen molar-refractivity contribution in [1.29, 1.82) is 5.26 Å². The number of nitriles is 1. The van der Waals surface area contributed by atoms with E-state index in [0.717, 1.165) is 0 Å². The van der Waals surface area contributed by atoms with Gasteiger partial charge in [0.2, 0.25) is 0 Å². The first-order valence-corrected chi connectivity index (χ1v) is 5.79. The first-order chi connectivity index (χ1) is 9.60. The Morgan fingerprint density at radius 3 is 2.10 bits per heavy atom. The van der Waals surface area contributed by atoms with Gasteiger partial charge in [0, 0.05) is 0 Å². The lowest BCUT2D eigenvalue weighted by atomic mass is 10.0. The predicted molar refractivity (Wildman–Crippen MR) is 70.7 cm³/mol. The van der Waals surface area contributed by atoms with Gasteiger partial charge in [-0.2, -0.15) is 5.26 Å². The van der Waals surface area contributed by atoms with Crippen molar-refractivity contribution in [1.82, 2.24) is 0 Å². The highest BCUT2D eigenvalue weighted by Crippen LogP contribution is 2.18. The maximum Gasteiger partial charge on any atom is 0.123 e. The zero-order chi connectivity index (χ0) is 14.5. The smallest absolute Gasteiger partial charge is 0.123 e. The molecule has 0 aliphatic rings. The molecule has 0 amide bonds. The second-order valence-electron chi connectivity index (χ2n) is 4.09. The number of carboxylic acid groups (broad SMARTS) is 1. The zero-order valence-corrected chi connectivity index (χ0v) is 10.3. The Bertz CT molecular complexity index is 695. The second-order valence-corrected chi connectivity index (χ2v) is 4.09. The number of hydrogen-bond acceptors (Lipinski definition) is 3. The van der Waals surface area contributed by atoms with Gasteiger partial charge in [0.15, 0.2) is 0 Å². The first-order valence-electron chi connectivity index (χ1n) is 5.79. The van der Waals surface area contributed by atoms with Gasteiger partial charge in [-0.3, -0.25) is 0 Å². The summed E-state index contributed by atoms with van der Waals surface area (Å²) in [5.74, 6) is -1.61. The standard InChI is InChI=1S/C16H10FNO2/c17-15-7-1-11(2-8-15)9-14(10-18)12-3-5-13(6-4-12)16(19)20/h1-9H,(H,19,20)/p-1/b14-9-. The van der Waals surface area contributed by atoms with Crippen molar-refractivity contribution >= 4 is 17.6 Å². The average Bonchev–Trinajstić information content (AvgIpc) is 2.47. The number of rotatable bonds is 3. The van der Waals surface area contributed by atoms with Gasteiger partial charge in [0.05, 0.1) is 17.6 Å². The molecule has 2 aromatic rings. The van der Waals surface area contributed by atoms with Crippen molar-refractivity contribution in [3.8, 4) is 6.07 Å². The van der Waals surface area contributed by atoms with Gasteiger partial charge in [-0.15, -0.1) is 0 Å². The fraction of sp³-hybridized carbons (Fsp3) is 0. The van der Waals surface area contributed by atoms with E-state index < -0.39 is 5.97 Å². The third-order valence-corrected chi connectivity index (χ3v) is 2.73. The number of nitrogens with zero attached hydrogens (tertiary/aromatic N) is 1. The average molecular weight is 266 g/mol. The molecule has 0 bridgehead atoms. The number of carbonyl (C=O) groups excluding carboxylic acids is 1. The number of benzene rings is 2. The van der Waals surface area contributed by atoms with Crippen LogP contribution in [0.4, 0.5) is 4.39 Å². The normalized spacial score (nSPS) is 10.9. The minimum absolute atomic E-state index is 0.0489. The topological polar surface area (TPSA) is 63.9 Å². The van der Waals surface area contributed by atoms with E-state index in [9.17, 15) is 14.3 Å². The summed E-state index contributed by atoms with van der Waals surface area (Å²) in [6.07, 6.45) is 1.60. The van der Waals surface area contributed by atoms with E-state index in [2.05, 4.69) is 0 Å². The van der Waals surface area contributed by atoms with Gasteiger partial charge in [0.1, 0.15) is 5.82 Å². The molecule has 0 saturated carbocycles. The van der Waals surface area contributed by atoms with Crippen molar-refractivity contribution in [2.24, 2.45) is 0 Å². The monoisotopic (exact) mass is 266 g/mol. The Labute approximate surface area is 115 Å². The lowest BCUT2D eigenvalue weighted by Gasteiger charge is -2.04. The molecule has 0 atom stereocenters.